The van der Waals surface area contributed by atoms with Crippen molar-refractivity contribution < 1.29 is 19.1 Å². The molecule has 0 spiro atoms. The van der Waals surface area contributed by atoms with Gasteiger partial charge in [-0.25, -0.2) is 9.97 Å². The Morgan fingerprint density at radius 1 is 0.889 bits per heavy atom. The van der Waals surface area contributed by atoms with Crippen LogP contribution in [0.25, 0.3) is 21.8 Å². The number of imidazole rings is 1. The summed E-state index contributed by atoms with van der Waals surface area (Å²) >= 11 is 7.96. The Hall–Kier alpha value is -6.98. The van der Waals surface area contributed by atoms with E-state index in [1.165, 1.54) is 4.88 Å². The van der Waals surface area contributed by atoms with E-state index < -0.39 is 18.1 Å². The van der Waals surface area contributed by atoms with Crippen LogP contribution in [0, 0.1) is 39.5 Å². The fourth-order valence-corrected chi connectivity index (χ4v) is 11.6. The number of likely N-dealkylation sites (tertiary alicyclic amines) is 1. The first kappa shape index (κ1) is 48.6. The van der Waals surface area contributed by atoms with Crippen LogP contribution in [0.3, 0.4) is 0 Å². The van der Waals surface area contributed by atoms with Gasteiger partial charge in [0.1, 0.15) is 40.9 Å². The summed E-state index contributed by atoms with van der Waals surface area (Å²) in [4.78, 5) is 59.2. The third-order valence-electron chi connectivity index (χ3n) is 14.3. The standard InChI is InChI=1S/C54H59ClN12O4S/c1-29(2)50(53(70)65-27-30(3)21-45(65)52(69)59-32(5)36-11-15-42(16-12-36)64-20-19-56-34(64)7)66-28-39(26-58-66)38-17-18-57-47(22-38)71-43-23-41(24-43)60-46(68)25-44-51-63-62-35(8)67(51)54-48(31(4)33(6)72-54)49(61-44)37-9-13-40(55)14-10-37/h9-20,22,26,28-30,32,41,43-45,50H,21,23-25,27H2,1-8H3,(H,59,69)(H,60,68)/t30-,32?,41-,43+,44+,45+,50-/m1/s1. The van der Waals surface area contributed by atoms with Gasteiger partial charge in [-0.2, -0.15) is 5.10 Å². The molecule has 3 aliphatic rings. The average molecular weight is 1010 g/mol. The number of thiophene rings is 1. The van der Waals surface area contributed by atoms with E-state index in [2.05, 4.69) is 51.6 Å². The van der Waals surface area contributed by atoms with Gasteiger partial charge in [-0.1, -0.05) is 56.6 Å². The van der Waals surface area contributed by atoms with Crippen molar-refractivity contribution in [2.24, 2.45) is 16.8 Å². The zero-order valence-electron chi connectivity index (χ0n) is 41.7. The monoisotopic (exact) mass is 1010 g/mol. The van der Waals surface area contributed by atoms with Gasteiger partial charge >= 0.3 is 0 Å². The van der Waals surface area contributed by atoms with Gasteiger partial charge in [0.05, 0.1) is 24.4 Å². The molecule has 0 bridgehead atoms. The number of aromatic nitrogens is 8. The predicted octanol–water partition coefficient (Wildman–Crippen LogP) is 8.98. The van der Waals surface area contributed by atoms with Crippen molar-refractivity contribution in [3.63, 3.8) is 0 Å². The van der Waals surface area contributed by atoms with Crippen LogP contribution < -0.4 is 15.4 Å². The summed E-state index contributed by atoms with van der Waals surface area (Å²) in [6.07, 6.45) is 10.8. The number of aliphatic imine (C=N–C) groups is 1. The van der Waals surface area contributed by atoms with E-state index >= 15 is 0 Å². The lowest BCUT2D eigenvalue weighted by molar-refractivity contribution is -0.142. The molecular formula is C54H59ClN12O4S. The Morgan fingerprint density at radius 3 is 2.38 bits per heavy atom. The molecule has 1 saturated carbocycles. The van der Waals surface area contributed by atoms with E-state index in [0.29, 0.717) is 42.5 Å². The fourth-order valence-electron chi connectivity index (χ4n) is 10.2. The average Bonchev–Trinajstić information content (AvgIpc) is 4.19. The smallest absolute Gasteiger partial charge is 0.248 e. The number of ether oxygens (including phenoxy) is 1. The molecule has 2 aliphatic heterocycles. The van der Waals surface area contributed by atoms with Gasteiger partial charge in [0, 0.05) is 88.6 Å². The van der Waals surface area contributed by atoms with E-state index in [4.69, 9.17) is 26.4 Å². The highest BCUT2D eigenvalue weighted by molar-refractivity contribution is 7.15. The van der Waals surface area contributed by atoms with Gasteiger partial charge in [0.25, 0.3) is 0 Å². The Balaban J connectivity index is 0.762. The number of carbonyl (C=O) groups is 3. The SMILES string of the molecule is Cc1sc2c(c1C)C(c1ccc(Cl)cc1)=N[C@@H](CC(=O)N[C@H]1C[C@@H](Oc3cc(-c4cnn([C@@H](C(=O)N5C[C@H](C)C[C@H]5C(=O)NC(C)c5ccc(-n6ccnc6C)cc5)C(C)C)c4)ccn3)C1)c1nnc(C)n1-2. The molecule has 7 aromatic rings. The number of nitrogens with zero attached hydrogens (tertiary/aromatic N) is 10. The summed E-state index contributed by atoms with van der Waals surface area (Å²) < 4.78 is 12.1. The topological polar surface area (TPSA) is 179 Å². The molecule has 1 unspecified atom stereocenters. The van der Waals surface area contributed by atoms with Gasteiger partial charge in [0.2, 0.25) is 23.6 Å². The van der Waals surface area contributed by atoms with Crippen LogP contribution in [-0.4, -0.2) is 92.1 Å². The molecule has 1 saturated heterocycles. The number of rotatable bonds is 14. The maximum absolute atomic E-state index is 14.5. The van der Waals surface area contributed by atoms with Gasteiger partial charge in [-0.3, -0.25) is 28.6 Å². The Bertz CT molecular complexity index is 3180. The number of nitrogens with one attached hydrogen (secondary N) is 2. The van der Waals surface area contributed by atoms with Crippen LogP contribution >= 0.6 is 22.9 Å². The Labute approximate surface area is 427 Å². The molecule has 5 atom stereocenters. The lowest BCUT2D eigenvalue weighted by Gasteiger charge is -2.35. The molecule has 3 amide bonds. The molecule has 5 aromatic heterocycles. The Kier molecular flexibility index (Phi) is 13.4. The molecule has 1 aliphatic carbocycles. The van der Waals surface area contributed by atoms with Crippen LogP contribution in [-0.2, 0) is 14.4 Å². The minimum atomic E-state index is -0.625. The van der Waals surface area contributed by atoms with Gasteiger partial charge < -0.3 is 24.8 Å². The third-order valence-corrected chi connectivity index (χ3v) is 15.7. The van der Waals surface area contributed by atoms with Crippen LogP contribution in [0.15, 0.2) is 96.6 Å². The van der Waals surface area contributed by atoms with Crippen molar-refractivity contribution >= 4 is 46.4 Å². The number of amides is 3. The maximum atomic E-state index is 14.5. The summed E-state index contributed by atoms with van der Waals surface area (Å²) in [7, 11) is 0. The van der Waals surface area contributed by atoms with Gasteiger partial charge in [0.15, 0.2) is 5.82 Å². The number of hydrogen-bond donors (Lipinski definition) is 2. The van der Waals surface area contributed by atoms with Crippen LogP contribution in [0.5, 0.6) is 5.88 Å². The molecule has 2 N–H and O–H groups in total. The normalized spacial score (nSPS) is 20.2. The van der Waals surface area contributed by atoms with Crippen LogP contribution in [0.2, 0.25) is 5.02 Å². The zero-order valence-corrected chi connectivity index (χ0v) is 43.3. The van der Waals surface area contributed by atoms with E-state index in [0.717, 1.165) is 61.4 Å². The van der Waals surface area contributed by atoms with Crippen LogP contribution in [0.1, 0.15) is 116 Å². The number of hydrogen-bond acceptors (Lipinski definition) is 11. The summed E-state index contributed by atoms with van der Waals surface area (Å²) in [5.41, 5.74) is 7.47. The summed E-state index contributed by atoms with van der Waals surface area (Å²) in [6.45, 7) is 16.6. The molecule has 0 radical (unpaired) electrons. The zero-order chi connectivity index (χ0) is 50.5. The summed E-state index contributed by atoms with van der Waals surface area (Å²) in [5.74, 6) is 2.34. The number of aryl methyl sites for hydroxylation is 3. The molecule has 16 nitrogen and oxygen atoms in total. The second-order valence-electron chi connectivity index (χ2n) is 19.9. The number of fused-ring (bicyclic) bond motifs is 3. The molecular weight excluding hydrogens is 948 g/mol. The highest BCUT2D eigenvalue weighted by Crippen LogP contribution is 2.40. The summed E-state index contributed by atoms with van der Waals surface area (Å²) in [6, 6.07) is 17.3. The second-order valence-corrected chi connectivity index (χ2v) is 21.5. The molecule has 18 heteroatoms. The molecule has 2 fully saturated rings. The van der Waals surface area contributed by atoms with Crippen molar-refractivity contribution in [2.45, 2.75) is 117 Å². The number of benzene rings is 2. The second kappa shape index (κ2) is 19.9. The molecule has 10 rings (SSSR count). The molecule has 2 aromatic carbocycles. The first-order valence-corrected chi connectivity index (χ1v) is 25.8. The number of carbonyl (C=O) groups excluding carboxylic acids is 3. The number of halogens is 1. The third kappa shape index (κ3) is 9.59. The van der Waals surface area contributed by atoms with Gasteiger partial charge in [-0.15, -0.1) is 21.5 Å². The van der Waals surface area contributed by atoms with Gasteiger partial charge in [-0.05, 0) is 99.9 Å². The minimum absolute atomic E-state index is 0.0748. The van der Waals surface area contributed by atoms with E-state index in [-0.39, 0.29) is 54.2 Å². The van der Waals surface area contributed by atoms with Crippen molar-refractivity contribution in [3.8, 4) is 27.7 Å². The molecule has 72 heavy (non-hydrogen) atoms. The molecule has 7 heterocycles. The minimum Gasteiger partial charge on any atom is -0.474 e. The first-order valence-electron chi connectivity index (χ1n) is 24.6. The molecule has 372 valence electrons. The Morgan fingerprint density at radius 2 is 1.65 bits per heavy atom. The fraction of sp³-hybridized carbons (Fsp3) is 0.389. The lowest BCUT2D eigenvalue weighted by Crippen LogP contribution is -2.49. The quantitative estimate of drug-likeness (QED) is 0.108. The first-order chi connectivity index (χ1) is 34.6. The van der Waals surface area contributed by atoms with Crippen molar-refractivity contribution in [1.82, 2.24) is 54.6 Å². The predicted molar refractivity (Wildman–Crippen MR) is 277 cm³/mol. The van der Waals surface area contributed by atoms with E-state index in [1.54, 1.807) is 39.5 Å². The van der Waals surface area contributed by atoms with E-state index in [1.807, 2.05) is 117 Å². The van der Waals surface area contributed by atoms with E-state index in [9.17, 15) is 14.4 Å². The van der Waals surface area contributed by atoms with Crippen molar-refractivity contribution in [2.75, 3.05) is 6.54 Å². The van der Waals surface area contributed by atoms with Crippen molar-refractivity contribution in [3.05, 3.63) is 141 Å². The number of pyridine rings is 1. The largest absolute Gasteiger partial charge is 0.474 e. The maximum Gasteiger partial charge on any atom is 0.248 e. The summed E-state index contributed by atoms with van der Waals surface area (Å²) in [5, 5.41) is 21.7. The highest BCUT2D eigenvalue weighted by atomic mass is 35.5. The van der Waals surface area contributed by atoms with Crippen molar-refractivity contribution in [1.29, 1.82) is 0 Å². The highest BCUT2D eigenvalue weighted by Gasteiger charge is 2.42. The lowest BCUT2D eigenvalue weighted by atomic mass is 9.89. The van der Waals surface area contributed by atoms with Crippen LogP contribution in [0.4, 0.5) is 0 Å².